The van der Waals surface area contributed by atoms with E-state index in [1.54, 1.807) is 30.3 Å². The van der Waals surface area contributed by atoms with Crippen molar-refractivity contribution in [2.45, 2.75) is 6.18 Å². The van der Waals surface area contributed by atoms with Gasteiger partial charge in [0.25, 0.3) is 5.56 Å². The lowest BCUT2D eigenvalue weighted by Crippen LogP contribution is -2.19. The second kappa shape index (κ2) is 4.91. The number of hydrogen-bond donors (Lipinski definition) is 1. The zero-order chi connectivity index (χ0) is 15.9. The van der Waals surface area contributed by atoms with Crippen LogP contribution in [0.2, 0.25) is 0 Å². The van der Waals surface area contributed by atoms with E-state index in [2.05, 4.69) is 0 Å². The fourth-order valence-electron chi connectivity index (χ4n) is 2.37. The number of hydrogen-bond acceptors (Lipinski definition) is 2. The Balaban J connectivity index is 2.42. The molecule has 1 heterocycles. The van der Waals surface area contributed by atoms with Gasteiger partial charge >= 0.3 is 6.18 Å². The molecule has 0 radical (unpaired) electrons. The molecule has 2 aromatic carbocycles. The summed E-state index contributed by atoms with van der Waals surface area (Å²) in [5.41, 5.74) is 5.24. The van der Waals surface area contributed by atoms with Crippen LogP contribution in [0.5, 0.6) is 0 Å². The van der Waals surface area contributed by atoms with E-state index in [0.717, 1.165) is 12.1 Å². The van der Waals surface area contributed by atoms with Gasteiger partial charge in [-0.2, -0.15) is 13.2 Å². The third kappa shape index (κ3) is 2.32. The first kappa shape index (κ1) is 14.2. The topological polar surface area (TPSA) is 48.0 Å². The van der Waals surface area contributed by atoms with Gasteiger partial charge in [-0.3, -0.25) is 9.36 Å². The molecular weight excluding hydrogens is 293 g/mol. The lowest BCUT2D eigenvalue weighted by atomic mass is 10.1. The number of alkyl halides is 3. The van der Waals surface area contributed by atoms with Crippen molar-refractivity contribution in [1.82, 2.24) is 4.57 Å². The third-order valence-electron chi connectivity index (χ3n) is 3.39. The summed E-state index contributed by atoms with van der Waals surface area (Å²) in [5.74, 6) is 0. The van der Waals surface area contributed by atoms with Crippen LogP contribution in [0.3, 0.4) is 0 Å². The number of anilines is 1. The van der Waals surface area contributed by atoms with E-state index in [-0.39, 0.29) is 11.2 Å². The van der Waals surface area contributed by atoms with Crippen LogP contribution in [-0.4, -0.2) is 4.57 Å². The van der Waals surface area contributed by atoms with E-state index in [0.29, 0.717) is 11.1 Å². The summed E-state index contributed by atoms with van der Waals surface area (Å²) in [6.45, 7) is 0. The number of para-hydroxylation sites is 1. The summed E-state index contributed by atoms with van der Waals surface area (Å²) < 4.78 is 40.0. The summed E-state index contributed by atoms with van der Waals surface area (Å²) in [7, 11) is 0. The first-order valence-electron chi connectivity index (χ1n) is 6.46. The Morgan fingerprint density at radius 3 is 2.27 bits per heavy atom. The van der Waals surface area contributed by atoms with Crippen LogP contribution in [-0.2, 0) is 6.18 Å². The van der Waals surface area contributed by atoms with Crippen molar-refractivity contribution >= 4 is 16.6 Å². The summed E-state index contributed by atoms with van der Waals surface area (Å²) in [5, 5.41) is 0.399. The van der Waals surface area contributed by atoms with Gasteiger partial charge in [-0.15, -0.1) is 0 Å². The number of nitrogens with two attached hydrogens (primary N) is 1. The average molecular weight is 304 g/mol. The van der Waals surface area contributed by atoms with E-state index >= 15 is 0 Å². The van der Waals surface area contributed by atoms with Gasteiger partial charge in [0.05, 0.1) is 11.1 Å². The lowest BCUT2D eigenvalue weighted by molar-refractivity contribution is -0.137. The number of rotatable bonds is 1. The van der Waals surface area contributed by atoms with E-state index in [1.807, 2.05) is 0 Å². The maximum atomic E-state index is 12.9. The molecule has 1 aromatic heterocycles. The van der Waals surface area contributed by atoms with Crippen LogP contribution in [0.15, 0.2) is 59.4 Å². The quantitative estimate of drug-likeness (QED) is 0.747. The minimum Gasteiger partial charge on any atom is -0.398 e. The smallest absolute Gasteiger partial charge is 0.398 e. The highest BCUT2D eigenvalue weighted by atomic mass is 19.4. The van der Waals surface area contributed by atoms with Crippen molar-refractivity contribution in [3.05, 3.63) is 70.5 Å². The van der Waals surface area contributed by atoms with E-state index in [1.165, 1.54) is 16.7 Å². The molecule has 0 spiro atoms. The molecular formula is C16H11F3N2O. The zero-order valence-electron chi connectivity index (χ0n) is 11.3. The van der Waals surface area contributed by atoms with Gasteiger partial charge in [-0.1, -0.05) is 24.3 Å². The molecule has 0 aliphatic rings. The SMILES string of the molecule is Nc1cc(=O)n(-c2ccccc2)c2cc(C(F)(F)F)ccc12. The first-order chi connectivity index (χ1) is 10.4. The Kier molecular flexibility index (Phi) is 3.16. The Hall–Kier alpha value is -2.76. The van der Waals surface area contributed by atoms with Crippen molar-refractivity contribution in [1.29, 1.82) is 0 Å². The highest BCUT2D eigenvalue weighted by Gasteiger charge is 2.31. The second-order valence-electron chi connectivity index (χ2n) is 4.84. The van der Waals surface area contributed by atoms with Gasteiger partial charge < -0.3 is 5.73 Å². The van der Waals surface area contributed by atoms with Crippen molar-refractivity contribution in [3.8, 4) is 5.69 Å². The Labute approximate surface area is 123 Å². The molecule has 0 aliphatic heterocycles. The summed E-state index contributed by atoms with van der Waals surface area (Å²) in [6.07, 6.45) is -4.49. The number of nitrogens with zero attached hydrogens (tertiary/aromatic N) is 1. The Bertz CT molecular complexity index is 899. The molecule has 3 rings (SSSR count). The largest absolute Gasteiger partial charge is 0.416 e. The van der Waals surface area contributed by atoms with E-state index in [4.69, 9.17) is 5.73 Å². The molecule has 0 fully saturated rings. The molecule has 3 aromatic rings. The maximum absolute atomic E-state index is 12.9. The molecule has 22 heavy (non-hydrogen) atoms. The minimum absolute atomic E-state index is 0.131. The van der Waals surface area contributed by atoms with Crippen molar-refractivity contribution in [2.24, 2.45) is 0 Å². The molecule has 6 heteroatoms. The average Bonchev–Trinajstić information content (AvgIpc) is 2.47. The van der Waals surface area contributed by atoms with Crippen LogP contribution in [0.1, 0.15) is 5.56 Å². The summed E-state index contributed by atoms with van der Waals surface area (Å²) in [6, 6.07) is 12.9. The monoisotopic (exact) mass is 304 g/mol. The summed E-state index contributed by atoms with van der Waals surface area (Å²) >= 11 is 0. The normalized spacial score (nSPS) is 11.8. The molecule has 0 amide bonds. The van der Waals surface area contributed by atoms with Crippen molar-refractivity contribution in [3.63, 3.8) is 0 Å². The molecule has 0 saturated heterocycles. The fourth-order valence-corrected chi connectivity index (χ4v) is 2.37. The van der Waals surface area contributed by atoms with Crippen LogP contribution in [0, 0.1) is 0 Å². The number of benzene rings is 2. The standard InChI is InChI=1S/C16H11F3N2O/c17-16(18,19)10-6-7-12-13(20)9-15(22)21(14(12)8-10)11-4-2-1-3-5-11/h1-9H,20H2. The molecule has 2 N–H and O–H groups in total. The first-order valence-corrected chi connectivity index (χ1v) is 6.46. The number of nitrogen functional groups attached to an aromatic ring is 1. The number of aromatic nitrogens is 1. The van der Waals surface area contributed by atoms with Crippen molar-refractivity contribution < 1.29 is 13.2 Å². The van der Waals surface area contributed by atoms with Gasteiger partial charge in [0, 0.05) is 22.8 Å². The van der Waals surface area contributed by atoms with Crippen LogP contribution in [0.25, 0.3) is 16.6 Å². The summed E-state index contributed by atoms with van der Waals surface area (Å²) in [4.78, 5) is 12.2. The highest BCUT2D eigenvalue weighted by molar-refractivity contribution is 5.91. The minimum atomic E-state index is -4.49. The number of halogens is 3. The predicted molar refractivity (Wildman–Crippen MR) is 79.0 cm³/mol. The predicted octanol–water partition coefficient (Wildman–Crippen LogP) is 3.59. The third-order valence-corrected chi connectivity index (χ3v) is 3.39. The number of fused-ring (bicyclic) bond motifs is 1. The van der Waals surface area contributed by atoms with E-state index in [9.17, 15) is 18.0 Å². The van der Waals surface area contributed by atoms with Gasteiger partial charge in [-0.25, -0.2) is 0 Å². The van der Waals surface area contributed by atoms with Gasteiger partial charge in [-0.05, 0) is 24.3 Å². The zero-order valence-corrected chi connectivity index (χ0v) is 11.3. The lowest BCUT2D eigenvalue weighted by Gasteiger charge is -2.14. The maximum Gasteiger partial charge on any atom is 0.416 e. The molecule has 0 unspecified atom stereocenters. The van der Waals surface area contributed by atoms with Crippen LogP contribution in [0.4, 0.5) is 18.9 Å². The Morgan fingerprint density at radius 1 is 0.955 bits per heavy atom. The second-order valence-corrected chi connectivity index (χ2v) is 4.84. The molecule has 0 bridgehead atoms. The molecule has 0 saturated carbocycles. The molecule has 3 nitrogen and oxygen atoms in total. The molecule has 0 aliphatic carbocycles. The highest BCUT2D eigenvalue weighted by Crippen LogP contribution is 2.32. The van der Waals surface area contributed by atoms with Gasteiger partial charge in [0.1, 0.15) is 0 Å². The number of pyridine rings is 1. The Morgan fingerprint density at radius 2 is 1.64 bits per heavy atom. The van der Waals surface area contributed by atoms with E-state index < -0.39 is 17.3 Å². The fraction of sp³-hybridized carbons (Fsp3) is 0.0625. The molecule has 0 atom stereocenters. The van der Waals surface area contributed by atoms with Crippen molar-refractivity contribution in [2.75, 3.05) is 5.73 Å². The molecule has 112 valence electrons. The van der Waals surface area contributed by atoms with Crippen LogP contribution < -0.4 is 11.3 Å². The van der Waals surface area contributed by atoms with Gasteiger partial charge in [0.15, 0.2) is 0 Å². The van der Waals surface area contributed by atoms with Gasteiger partial charge in [0.2, 0.25) is 0 Å². The van der Waals surface area contributed by atoms with Crippen LogP contribution >= 0.6 is 0 Å².